The van der Waals surface area contributed by atoms with Gasteiger partial charge in [-0.1, -0.05) is 12.8 Å². The van der Waals surface area contributed by atoms with Gasteiger partial charge in [-0.25, -0.2) is 14.6 Å². The fourth-order valence-electron chi connectivity index (χ4n) is 4.31. The summed E-state index contributed by atoms with van der Waals surface area (Å²) in [6.45, 7) is 4.05. The number of carbonyl (C=O) groups excluding carboxylic acids is 2. The fourth-order valence-corrected chi connectivity index (χ4v) is 4.31. The van der Waals surface area contributed by atoms with Gasteiger partial charge in [0.25, 0.3) is 0 Å². The predicted octanol–water partition coefficient (Wildman–Crippen LogP) is 1.47. The van der Waals surface area contributed by atoms with E-state index in [1.807, 2.05) is 9.58 Å². The van der Waals surface area contributed by atoms with E-state index in [0.29, 0.717) is 25.5 Å². The minimum Gasteiger partial charge on any atom is -0.354 e. The summed E-state index contributed by atoms with van der Waals surface area (Å²) in [5.41, 5.74) is 2.46. The van der Waals surface area contributed by atoms with Crippen molar-refractivity contribution in [2.45, 2.75) is 51.5 Å². The number of hydrogen-bond donors (Lipinski definition) is 1. The highest BCUT2D eigenvalue weighted by molar-refractivity contribution is 5.80. The van der Waals surface area contributed by atoms with Crippen molar-refractivity contribution in [3.8, 4) is 0 Å². The van der Waals surface area contributed by atoms with Gasteiger partial charge >= 0.3 is 0 Å². The molecule has 8 nitrogen and oxygen atoms in total. The summed E-state index contributed by atoms with van der Waals surface area (Å²) < 4.78 is 1.81. The predicted molar refractivity (Wildman–Crippen MR) is 99.9 cm³/mol. The molecule has 0 aromatic carbocycles. The Morgan fingerprint density at radius 2 is 1.96 bits per heavy atom. The molecule has 0 radical (unpaired) electrons. The van der Waals surface area contributed by atoms with E-state index in [-0.39, 0.29) is 17.7 Å². The highest BCUT2D eigenvalue weighted by atomic mass is 16.2. The van der Waals surface area contributed by atoms with Crippen LogP contribution in [0.3, 0.4) is 0 Å². The van der Waals surface area contributed by atoms with E-state index in [2.05, 4.69) is 15.3 Å². The third-order valence-corrected chi connectivity index (χ3v) is 5.68. The number of carbonyl (C=O) groups is 2. The molecule has 2 fully saturated rings. The second kappa shape index (κ2) is 7.62. The summed E-state index contributed by atoms with van der Waals surface area (Å²) in [7, 11) is 0. The molecule has 8 heteroatoms. The highest BCUT2D eigenvalue weighted by Gasteiger charge is 2.35. The topological polar surface area (TPSA) is 93.0 Å². The van der Waals surface area contributed by atoms with Crippen molar-refractivity contribution in [1.82, 2.24) is 30.0 Å². The quantitative estimate of drug-likeness (QED) is 0.860. The number of aromatic nitrogens is 4. The van der Waals surface area contributed by atoms with Crippen LogP contribution in [0.2, 0.25) is 0 Å². The molecule has 0 spiro atoms. The first-order valence-electron chi connectivity index (χ1n) is 9.84. The van der Waals surface area contributed by atoms with Crippen LogP contribution in [0.4, 0.5) is 0 Å². The maximum atomic E-state index is 12.7. The molecule has 1 saturated heterocycles. The molecule has 4 rings (SSSR count). The molecule has 1 atom stereocenters. The van der Waals surface area contributed by atoms with E-state index in [9.17, 15) is 9.59 Å². The smallest absolute Gasteiger partial charge is 0.225 e. The molecule has 27 heavy (non-hydrogen) atoms. The van der Waals surface area contributed by atoms with E-state index in [4.69, 9.17) is 5.10 Å². The Kier molecular flexibility index (Phi) is 5.05. The zero-order valence-corrected chi connectivity index (χ0v) is 15.7. The van der Waals surface area contributed by atoms with Gasteiger partial charge in [-0.15, -0.1) is 0 Å². The van der Waals surface area contributed by atoms with E-state index in [0.717, 1.165) is 42.7 Å². The van der Waals surface area contributed by atoms with Gasteiger partial charge in [-0.3, -0.25) is 9.59 Å². The number of fused-ring (bicyclic) bond motifs is 1. The summed E-state index contributed by atoms with van der Waals surface area (Å²) in [5, 5.41) is 7.55. The van der Waals surface area contributed by atoms with Gasteiger partial charge in [0.05, 0.1) is 12.2 Å². The third kappa shape index (κ3) is 3.65. The largest absolute Gasteiger partial charge is 0.354 e. The molecule has 2 aromatic heterocycles. The second-order valence-corrected chi connectivity index (χ2v) is 7.57. The molecule has 1 aliphatic carbocycles. The number of amides is 2. The van der Waals surface area contributed by atoms with Crippen LogP contribution in [0.1, 0.15) is 50.6 Å². The molecular formula is C19H26N6O2. The minimum atomic E-state index is -0.0605. The van der Waals surface area contributed by atoms with Gasteiger partial charge in [-0.2, -0.15) is 5.10 Å². The van der Waals surface area contributed by atoms with E-state index >= 15 is 0 Å². The first kappa shape index (κ1) is 17.9. The van der Waals surface area contributed by atoms with Crippen molar-refractivity contribution in [2.24, 2.45) is 5.92 Å². The molecule has 2 aliphatic rings. The van der Waals surface area contributed by atoms with Gasteiger partial charge in [-0.05, 0) is 19.3 Å². The summed E-state index contributed by atoms with van der Waals surface area (Å²) in [6.07, 6.45) is 8.67. The number of nitrogens with one attached hydrogen (secondary N) is 1. The zero-order chi connectivity index (χ0) is 18.8. The van der Waals surface area contributed by atoms with Crippen LogP contribution in [0.5, 0.6) is 0 Å². The van der Waals surface area contributed by atoms with Crippen LogP contribution < -0.4 is 5.32 Å². The van der Waals surface area contributed by atoms with Gasteiger partial charge < -0.3 is 10.2 Å². The molecule has 1 N–H and O–H groups in total. The molecule has 0 unspecified atom stereocenters. The third-order valence-electron chi connectivity index (χ3n) is 5.68. The average Bonchev–Trinajstić information content (AvgIpc) is 3.41. The lowest BCUT2D eigenvalue weighted by molar-refractivity contribution is -0.134. The summed E-state index contributed by atoms with van der Waals surface area (Å²) in [5.74, 6) is 0.664. The second-order valence-electron chi connectivity index (χ2n) is 7.57. The Labute approximate surface area is 158 Å². The Morgan fingerprint density at radius 1 is 1.19 bits per heavy atom. The highest BCUT2D eigenvalue weighted by Crippen LogP contribution is 2.33. The normalized spacial score (nSPS) is 20.5. The summed E-state index contributed by atoms with van der Waals surface area (Å²) in [6, 6.07) is 0. The lowest BCUT2D eigenvalue weighted by Crippen LogP contribution is -2.33. The van der Waals surface area contributed by atoms with Crippen LogP contribution in [0.15, 0.2) is 12.4 Å². The van der Waals surface area contributed by atoms with Crippen molar-refractivity contribution in [2.75, 3.05) is 19.6 Å². The number of hydrogen-bond acceptors (Lipinski definition) is 5. The Morgan fingerprint density at radius 3 is 2.74 bits per heavy atom. The molecule has 2 amide bonds. The number of rotatable bonds is 5. The Hall–Kier alpha value is -2.51. The van der Waals surface area contributed by atoms with Gasteiger partial charge in [0.15, 0.2) is 5.65 Å². The van der Waals surface area contributed by atoms with Crippen LogP contribution >= 0.6 is 0 Å². The molecule has 1 saturated carbocycles. The minimum absolute atomic E-state index is 0.0605. The lowest BCUT2D eigenvalue weighted by atomic mass is 10.0. The molecule has 0 bridgehead atoms. The van der Waals surface area contributed by atoms with Crippen LogP contribution in [0, 0.1) is 5.92 Å². The molecule has 1 aliphatic heterocycles. The van der Waals surface area contributed by atoms with E-state index in [1.165, 1.54) is 19.8 Å². The van der Waals surface area contributed by atoms with E-state index in [1.54, 1.807) is 12.4 Å². The fraction of sp³-hybridized carbons (Fsp3) is 0.632. The van der Waals surface area contributed by atoms with Gasteiger partial charge in [0.1, 0.15) is 5.52 Å². The van der Waals surface area contributed by atoms with Crippen LogP contribution in [-0.4, -0.2) is 56.1 Å². The molecule has 144 valence electrons. The van der Waals surface area contributed by atoms with Crippen molar-refractivity contribution >= 4 is 23.0 Å². The standard InChI is InChI=1S/C19H26N6O2/c1-13(26)20-9-11-25-18-17(21-7-8-22-18)16(23-25)15-6-10-24(12-15)19(27)14-4-2-3-5-14/h7-8,14-15H,2-6,9-12H2,1H3,(H,20,26)/t15-/m0/s1. The number of nitrogens with zero attached hydrogens (tertiary/aromatic N) is 5. The SMILES string of the molecule is CC(=O)NCCn1nc([C@H]2CCN(C(=O)C3CCCC3)C2)c2nccnc21. The summed E-state index contributed by atoms with van der Waals surface area (Å²) in [4.78, 5) is 34.8. The monoisotopic (exact) mass is 370 g/mol. The summed E-state index contributed by atoms with van der Waals surface area (Å²) >= 11 is 0. The lowest BCUT2D eigenvalue weighted by Gasteiger charge is -2.20. The van der Waals surface area contributed by atoms with Crippen molar-refractivity contribution in [3.63, 3.8) is 0 Å². The molecule has 3 heterocycles. The Bertz CT molecular complexity index is 842. The Balaban J connectivity index is 1.51. The zero-order valence-electron chi connectivity index (χ0n) is 15.7. The van der Waals surface area contributed by atoms with E-state index < -0.39 is 0 Å². The maximum Gasteiger partial charge on any atom is 0.225 e. The van der Waals surface area contributed by atoms with Crippen LogP contribution in [-0.2, 0) is 16.1 Å². The first-order valence-corrected chi connectivity index (χ1v) is 9.84. The van der Waals surface area contributed by atoms with Gasteiger partial charge in [0.2, 0.25) is 11.8 Å². The van der Waals surface area contributed by atoms with Crippen molar-refractivity contribution in [3.05, 3.63) is 18.1 Å². The maximum absolute atomic E-state index is 12.7. The molecular weight excluding hydrogens is 344 g/mol. The van der Waals surface area contributed by atoms with Crippen molar-refractivity contribution < 1.29 is 9.59 Å². The first-order chi connectivity index (χ1) is 13.1. The van der Waals surface area contributed by atoms with Gasteiger partial charge in [0, 0.05) is 50.8 Å². The molecule has 2 aromatic rings. The van der Waals surface area contributed by atoms with Crippen LogP contribution in [0.25, 0.3) is 11.2 Å². The number of likely N-dealkylation sites (tertiary alicyclic amines) is 1. The average molecular weight is 370 g/mol. The van der Waals surface area contributed by atoms with Crippen molar-refractivity contribution in [1.29, 1.82) is 0 Å².